The van der Waals surface area contributed by atoms with Crippen molar-refractivity contribution in [2.75, 3.05) is 25.0 Å². The van der Waals surface area contributed by atoms with Gasteiger partial charge in [-0.05, 0) is 37.1 Å². The molecule has 2 N–H and O–H groups in total. The predicted molar refractivity (Wildman–Crippen MR) is 101 cm³/mol. The lowest BCUT2D eigenvalue weighted by Gasteiger charge is -2.35. The van der Waals surface area contributed by atoms with Gasteiger partial charge in [0.2, 0.25) is 0 Å². The first-order chi connectivity index (χ1) is 13.1. The molecule has 1 unspecified atom stereocenters. The summed E-state index contributed by atoms with van der Waals surface area (Å²) >= 11 is 0. The summed E-state index contributed by atoms with van der Waals surface area (Å²) in [4.78, 5) is 30.1. The first-order valence-electron chi connectivity index (χ1n) is 8.95. The van der Waals surface area contributed by atoms with Crippen LogP contribution < -0.4 is 15.0 Å². The Morgan fingerprint density at radius 2 is 1.85 bits per heavy atom. The monoisotopic (exact) mass is 369 g/mol. The van der Waals surface area contributed by atoms with Gasteiger partial charge in [0.25, 0.3) is 5.91 Å². The van der Waals surface area contributed by atoms with Crippen LogP contribution in [0, 0.1) is 5.92 Å². The van der Waals surface area contributed by atoms with Crippen LogP contribution >= 0.6 is 0 Å². The molecule has 1 amide bonds. The summed E-state index contributed by atoms with van der Waals surface area (Å²) in [5.41, 5.74) is 1.42. The number of para-hydroxylation sites is 1. The maximum absolute atomic E-state index is 12.0. The number of carbonyl (C=O) groups is 2. The van der Waals surface area contributed by atoms with Gasteiger partial charge < -0.3 is 20.1 Å². The molecule has 1 fully saturated rings. The number of aliphatic carboxylic acids is 1. The summed E-state index contributed by atoms with van der Waals surface area (Å²) in [7, 11) is 1.53. The number of carbonyl (C=O) groups excluding carboxylic acids is 1. The van der Waals surface area contributed by atoms with E-state index in [4.69, 9.17) is 4.74 Å². The van der Waals surface area contributed by atoms with E-state index in [0.717, 1.165) is 18.8 Å². The van der Waals surface area contributed by atoms with Crippen LogP contribution in [0.2, 0.25) is 0 Å². The summed E-state index contributed by atoms with van der Waals surface area (Å²) in [6.45, 7) is 1.50. The number of ether oxygens (including phenoxy) is 1. The zero-order chi connectivity index (χ0) is 19.2. The van der Waals surface area contributed by atoms with Crippen molar-refractivity contribution in [3.05, 3.63) is 54.4 Å². The molecule has 3 rings (SSSR count). The highest BCUT2D eigenvalue weighted by molar-refractivity contribution is 5.96. The molecule has 27 heavy (non-hydrogen) atoms. The second kappa shape index (κ2) is 8.53. The number of aromatic nitrogens is 1. The number of carboxylic acids is 1. The lowest BCUT2D eigenvalue weighted by molar-refractivity contribution is -0.148. The molecule has 0 saturated carbocycles. The van der Waals surface area contributed by atoms with Crippen molar-refractivity contribution in [3.63, 3.8) is 0 Å². The molecule has 1 aliphatic heterocycles. The fourth-order valence-electron chi connectivity index (χ4n) is 3.39. The van der Waals surface area contributed by atoms with Crippen LogP contribution in [0.3, 0.4) is 0 Å². The van der Waals surface area contributed by atoms with Crippen LogP contribution in [0.25, 0.3) is 0 Å². The largest absolute Gasteiger partial charge is 0.478 e. The van der Waals surface area contributed by atoms with Crippen molar-refractivity contribution in [3.8, 4) is 5.75 Å². The van der Waals surface area contributed by atoms with Crippen LogP contribution in [-0.2, 0) is 4.79 Å². The second-order valence-corrected chi connectivity index (χ2v) is 6.48. The highest BCUT2D eigenvalue weighted by atomic mass is 16.5. The maximum Gasteiger partial charge on any atom is 0.345 e. The molecule has 0 aliphatic carbocycles. The molecule has 1 aromatic heterocycles. The summed E-state index contributed by atoms with van der Waals surface area (Å²) in [6, 6.07) is 10.6. The number of nitrogens with zero attached hydrogens (tertiary/aromatic N) is 2. The van der Waals surface area contributed by atoms with E-state index in [1.54, 1.807) is 36.7 Å². The Bertz CT molecular complexity index is 789. The molecule has 1 atom stereocenters. The van der Waals surface area contributed by atoms with Crippen molar-refractivity contribution in [1.82, 2.24) is 10.3 Å². The molecule has 0 spiro atoms. The number of pyridine rings is 1. The van der Waals surface area contributed by atoms with Crippen molar-refractivity contribution >= 4 is 17.6 Å². The van der Waals surface area contributed by atoms with Crippen LogP contribution in [0.5, 0.6) is 5.75 Å². The maximum atomic E-state index is 12.0. The number of benzene rings is 1. The second-order valence-electron chi connectivity index (χ2n) is 6.48. The topological polar surface area (TPSA) is 91.8 Å². The number of hydrogen-bond acceptors (Lipinski definition) is 5. The van der Waals surface area contributed by atoms with Gasteiger partial charge in [0.15, 0.2) is 6.10 Å². The summed E-state index contributed by atoms with van der Waals surface area (Å²) in [5, 5.41) is 12.3. The SMILES string of the molecule is CNC(=O)c1ccccc1OC(C(=O)O)C1CCN(c2ccncc2)CC1. The molecule has 2 aromatic rings. The highest BCUT2D eigenvalue weighted by Gasteiger charge is 2.34. The Labute approximate surface area is 158 Å². The van der Waals surface area contributed by atoms with Crippen molar-refractivity contribution in [2.45, 2.75) is 18.9 Å². The van der Waals surface area contributed by atoms with Crippen molar-refractivity contribution in [2.24, 2.45) is 5.92 Å². The molecular formula is C20H23N3O4. The first-order valence-corrected chi connectivity index (χ1v) is 8.95. The Kier molecular flexibility index (Phi) is 5.90. The third-order valence-electron chi connectivity index (χ3n) is 4.85. The van der Waals surface area contributed by atoms with E-state index < -0.39 is 12.1 Å². The summed E-state index contributed by atoms with van der Waals surface area (Å²) in [5.74, 6) is -1.15. The van der Waals surface area contributed by atoms with E-state index in [9.17, 15) is 14.7 Å². The van der Waals surface area contributed by atoms with E-state index in [1.807, 2.05) is 12.1 Å². The van der Waals surface area contributed by atoms with Gasteiger partial charge in [-0.1, -0.05) is 12.1 Å². The molecule has 0 radical (unpaired) electrons. The normalized spacial score (nSPS) is 15.8. The Morgan fingerprint density at radius 1 is 1.19 bits per heavy atom. The Balaban J connectivity index is 1.71. The fraction of sp³-hybridized carbons (Fsp3) is 0.350. The number of hydrogen-bond donors (Lipinski definition) is 2. The standard InChI is InChI=1S/C20H23N3O4/c1-21-19(24)16-4-2-3-5-17(16)27-18(20(25)26)14-8-12-23(13-9-14)15-6-10-22-11-7-15/h2-7,10-11,14,18H,8-9,12-13H2,1H3,(H,21,24)(H,25,26). The van der Waals surface area contributed by atoms with Gasteiger partial charge in [-0.2, -0.15) is 0 Å². The zero-order valence-electron chi connectivity index (χ0n) is 15.2. The third-order valence-corrected chi connectivity index (χ3v) is 4.85. The Hall–Kier alpha value is -3.09. The van der Waals surface area contributed by atoms with Gasteiger partial charge in [-0.25, -0.2) is 4.79 Å². The average Bonchev–Trinajstić information content (AvgIpc) is 2.72. The minimum atomic E-state index is -1.01. The van der Waals surface area contributed by atoms with E-state index >= 15 is 0 Å². The molecule has 1 aliphatic rings. The van der Waals surface area contributed by atoms with Gasteiger partial charge in [0.1, 0.15) is 5.75 Å². The zero-order valence-corrected chi connectivity index (χ0v) is 15.2. The molecule has 7 heteroatoms. The molecule has 1 aromatic carbocycles. The fourth-order valence-corrected chi connectivity index (χ4v) is 3.39. The van der Waals surface area contributed by atoms with Gasteiger partial charge in [-0.15, -0.1) is 0 Å². The molecule has 7 nitrogen and oxygen atoms in total. The highest BCUT2D eigenvalue weighted by Crippen LogP contribution is 2.29. The van der Waals surface area contributed by atoms with E-state index in [2.05, 4.69) is 15.2 Å². The third kappa shape index (κ3) is 4.36. The lowest BCUT2D eigenvalue weighted by atomic mass is 9.90. The van der Waals surface area contributed by atoms with Gasteiger partial charge >= 0.3 is 5.97 Å². The molecule has 1 saturated heterocycles. The van der Waals surface area contributed by atoms with Gasteiger partial charge in [-0.3, -0.25) is 9.78 Å². The van der Waals surface area contributed by atoms with E-state index in [-0.39, 0.29) is 11.8 Å². The number of nitrogens with one attached hydrogen (secondary N) is 1. The molecular weight excluding hydrogens is 346 g/mol. The average molecular weight is 369 g/mol. The van der Waals surface area contributed by atoms with Gasteiger partial charge in [0.05, 0.1) is 5.56 Å². The van der Waals surface area contributed by atoms with Crippen LogP contribution in [-0.4, -0.2) is 48.2 Å². The van der Waals surface area contributed by atoms with E-state index in [1.165, 1.54) is 7.05 Å². The number of carboxylic acid groups (broad SMARTS) is 1. The molecule has 0 bridgehead atoms. The quantitative estimate of drug-likeness (QED) is 0.811. The van der Waals surface area contributed by atoms with Crippen molar-refractivity contribution in [1.29, 1.82) is 0 Å². The minimum absolute atomic E-state index is 0.127. The Morgan fingerprint density at radius 3 is 2.48 bits per heavy atom. The van der Waals surface area contributed by atoms with E-state index in [0.29, 0.717) is 24.2 Å². The van der Waals surface area contributed by atoms with Crippen LogP contribution in [0.4, 0.5) is 5.69 Å². The number of anilines is 1. The summed E-state index contributed by atoms with van der Waals surface area (Å²) < 4.78 is 5.82. The lowest BCUT2D eigenvalue weighted by Crippen LogP contribution is -2.43. The molecule has 2 heterocycles. The smallest absolute Gasteiger partial charge is 0.345 e. The number of rotatable bonds is 6. The van der Waals surface area contributed by atoms with Crippen LogP contribution in [0.15, 0.2) is 48.8 Å². The van der Waals surface area contributed by atoms with Gasteiger partial charge in [0, 0.05) is 44.1 Å². The molecule has 142 valence electrons. The minimum Gasteiger partial charge on any atom is -0.478 e. The number of amides is 1. The predicted octanol–water partition coefficient (Wildman–Crippen LogP) is 2.19. The van der Waals surface area contributed by atoms with Crippen molar-refractivity contribution < 1.29 is 19.4 Å². The first kappa shape index (κ1) is 18.7. The summed E-state index contributed by atoms with van der Waals surface area (Å²) in [6.07, 6.45) is 3.90. The number of piperidine rings is 1. The van der Waals surface area contributed by atoms with Crippen LogP contribution in [0.1, 0.15) is 23.2 Å².